The number of aryl methyl sites for hydroxylation is 1. The highest BCUT2D eigenvalue weighted by Crippen LogP contribution is 2.32. The quantitative estimate of drug-likeness (QED) is 0.843. The number of hydrogen-bond donors (Lipinski definition) is 1. The second kappa shape index (κ2) is 5.29. The summed E-state index contributed by atoms with van der Waals surface area (Å²) in [5.74, 6) is 1.53. The van der Waals surface area contributed by atoms with Gasteiger partial charge in [-0.25, -0.2) is 9.97 Å². The van der Waals surface area contributed by atoms with E-state index in [-0.39, 0.29) is 6.04 Å². The van der Waals surface area contributed by atoms with E-state index in [4.69, 9.17) is 10.7 Å². The fraction of sp³-hybridized carbons (Fsp3) is 0.600. The maximum absolute atomic E-state index is 6.38. The fourth-order valence-electron chi connectivity index (χ4n) is 3.23. The van der Waals surface area contributed by atoms with Gasteiger partial charge in [0.1, 0.15) is 11.3 Å². The highest BCUT2D eigenvalue weighted by atomic mass is 15.1. The van der Waals surface area contributed by atoms with E-state index in [1.807, 2.05) is 18.3 Å². The molecule has 0 bridgehead atoms. The Kier molecular flexibility index (Phi) is 3.51. The molecule has 1 saturated carbocycles. The minimum absolute atomic E-state index is 0.240. The van der Waals surface area contributed by atoms with Crippen LogP contribution in [0.5, 0.6) is 0 Å². The van der Waals surface area contributed by atoms with Gasteiger partial charge in [-0.1, -0.05) is 19.3 Å². The van der Waals surface area contributed by atoms with Crippen molar-refractivity contribution >= 4 is 11.2 Å². The first-order valence-corrected chi connectivity index (χ1v) is 7.38. The third kappa shape index (κ3) is 2.25. The lowest BCUT2D eigenvalue weighted by Gasteiger charge is -2.21. The Labute approximate surface area is 114 Å². The smallest absolute Gasteiger partial charge is 0.159 e. The summed E-state index contributed by atoms with van der Waals surface area (Å²) in [6, 6.07) is 4.23. The zero-order chi connectivity index (χ0) is 13.2. The van der Waals surface area contributed by atoms with Gasteiger partial charge in [0.15, 0.2) is 5.65 Å². The number of imidazole rings is 1. The van der Waals surface area contributed by atoms with Crippen LogP contribution in [0.1, 0.15) is 50.8 Å². The summed E-state index contributed by atoms with van der Waals surface area (Å²) in [4.78, 5) is 9.30. The van der Waals surface area contributed by atoms with E-state index >= 15 is 0 Å². The third-order valence-corrected chi connectivity index (χ3v) is 4.25. The highest BCUT2D eigenvalue weighted by molar-refractivity contribution is 5.71. The van der Waals surface area contributed by atoms with Crippen LogP contribution >= 0.6 is 0 Å². The maximum Gasteiger partial charge on any atom is 0.159 e. The number of nitrogens with zero attached hydrogens (tertiary/aromatic N) is 3. The summed E-state index contributed by atoms with van der Waals surface area (Å²) in [6.45, 7) is 3.06. The van der Waals surface area contributed by atoms with Gasteiger partial charge in [-0.05, 0) is 31.9 Å². The Morgan fingerprint density at radius 1 is 1.32 bits per heavy atom. The van der Waals surface area contributed by atoms with Gasteiger partial charge in [0.25, 0.3) is 0 Å². The third-order valence-electron chi connectivity index (χ3n) is 4.25. The summed E-state index contributed by atoms with van der Waals surface area (Å²) >= 11 is 0. The average molecular weight is 258 g/mol. The van der Waals surface area contributed by atoms with Gasteiger partial charge >= 0.3 is 0 Å². The van der Waals surface area contributed by atoms with Crippen LogP contribution in [0.2, 0.25) is 0 Å². The Bertz CT molecular complexity index is 560. The lowest BCUT2D eigenvalue weighted by Crippen LogP contribution is -2.29. The largest absolute Gasteiger partial charge is 0.327 e. The second-order valence-corrected chi connectivity index (χ2v) is 5.47. The van der Waals surface area contributed by atoms with Gasteiger partial charge in [-0.2, -0.15) is 0 Å². The summed E-state index contributed by atoms with van der Waals surface area (Å²) in [5.41, 5.74) is 8.38. The SMILES string of the molecule is CCn1c(C2CCCCCC2N)nc2cccnc21. The lowest BCUT2D eigenvalue weighted by molar-refractivity contribution is 0.467. The predicted octanol–water partition coefficient (Wildman–Crippen LogP) is 2.83. The topological polar surface area (TPSA) is 56.7 Å². The summed E-state index contributed by atoms with van der Waals surface area (Å²) < 4.78 is 2.24. The van der Waals surface area contributed by atoms with E-state index in [0.29, 0.717) is 5.92 Å². The molecule has 2 unspecified atom stereocenters. The zero-order valence-electron chi connectivity index (χ0n) is 11.5. The van der Waals surface area contributed by atoms with Crippen molar-refractivity contribution in [2.45, 2.75) is 57.5 Å². The number of nitrogens with two attached hydrogens (primary N) is 1. The summed E-state index contributed by atoms with van der Waals surface area (Å²) in [5, 5.41) is 0. The van der Waals surface area contributed by atoms with Crippen LogP contribution in [0.4, 0.5) is 0 Å². The minimum atomic E-state index is 0.240. The number of fused-ring (bicyclic) bond motifs is 1. The molecule has 2 aromatic heterocycles. The molecule has 0 spiro atoms. The average Bonchev–Trinajstić information content (AvgIpc) is 2.67. The molecule has 2 aromatic rings. The minimum Gasteiger partial charge on any atom is -0.327 e. The molecule has 2 N–H and O–H groups in total. The van der Waals surface area contributed by atoms with Crippen LogP contribution < -0.4 is 5.73 Å². The van der Waals surface area contributed by atoms with Crippen molar-refractivity contribution in [1.82, 2.24) is 14.5 Å². The number of aromatic nitrogens is 3. The van der Waals surface area contributed by atoms with Crippen LogP contribution in [0, 0.1) is 0 Å². The molecule has 3 rings (SSSR count). The molecule has 4 heteroatoms. The molecule has 2 atom stereocenters. The normalized spacial score (nSPS) is 24.5. The van der Waals surface area contributed by atoms with Crippen molar-refractivity contribution in [1.29, 1.82) is 0 Å². The standard InChI is InChI=1S/C15H22N4/c1-2-19-14(11-7-4-3-5-8-12(11)16)18-13-9-6-10-17-15(13)19/h6,9-12H,2-5,7-8,16H2,1H3. The number of hydrogen-bond acceptors (Lipinski definition) is 3. The van der Waals surface area contributed by atoms with Crippen LogP contribution in [-0.2, 0) is 6.54 Å². The van der Waals surface area contributed by atoms with Crippen molar-refractivity contribution in [3.8, 4) is 0 Å². The molecule has 0 aliphatic heterocycles. The first-order chi connectivity index (χ1) is 9.31. The Hall–Kier alpha value is -1.42. The van der Waals surface area contributed by atoms with E-state index < -0.39 is 0 Å². The lowest BCUT2D eigenvalue weighted by atomic mass is 9.94. The fourth-order valence-corrected chi connectivity index (χ4v) is 3.23. The van der Waals surface area contributed by atoms with Gasteiger partial charge in [-0.3, -0.25) is 0 Å². The van der Waals surface area contributed by atoms with E-state index in [2.05, 4.69) is 16.5 Å². The number of pyridine rings is 1. The van der Waals surface area contributed by atoms with Crippen molar-refractivity contribution in [3.05, 3.63) is 24.2 Å². The van der Waals surface area contributed by atoms with Crippen molar-refractivity contribution in [3.63, 3.8) is 0 Å². The number of rotatable bonds is 2. The molecule has 1 fully saturated rings. The molecule has 19 heavy (non-hydrogen) atoms. The van der Waals surface area contributed by atoms with Crippen molar-refractivity contribution in [2.75, 3.05) is 0 Å². The van der Waals surface area contributed by atoms with E-state index in [1.165, 1.54) is 19.3 Å². The highest BCUT2D eigenvalue weighted by Gasteiger charge is 2.27. The van der Waals surface area contributed by atoms with Gasteiger partial charge in [-0.15, -0.1) is 0 Å². The van der Waals surface area contributed by atoms with E-state index in [9.17, 15) is 0 Å². The molecule has 1 aliphatic rings. The van der Waals surface area contributed by atoms with Crippen molar-refractivity contribution < 1.29 is 0 Å². The van der Waals surface area contributed by atoms with E-state index in [0.717, 1.165) is 36.4 Å². The molecular weight excluding hydrogens is 236 g/mol. The first kappa shape index (κ1) is 12.6. The van der Waals surface area contributed by atoms with Crippen LogP contribution in [0.15, 0.2) is 18.3 Å². The predicted molar refractivity (Wildman–Crippen MR) is 77.0 cm³/mol. The molecule has 2 heterocycles. The summed E-state index contributed by atoms with van der Waals surface area (Å²) in [6.07, 6.45) is 7.93. The van der Waals surface area contributed by atoms with Crippen LogP contribution in [-0.4, -0.2) is 20.6 Å². The van der Waals surface area contributed by atoms with Gasteiger partial charge in [0.05, 0.1) is 0 Å². The van der Waals surface area contributed by atoms with Crippen LogP contribution in [0.3, 0.4) is 0 Å². The van der Waals surface area contributed by atoms with Gasteiger partial charge < -0.3 is 10.3 Å². The monoisotopic (exact) mass is 258 g/mol. The van der Waals surface area contributed by atoms with Crippen LogP contribution in [0.25, 0.3) is 11.2 Å². The maximum atomic E-state index is 6.38. The molecule has 102 valence electrons. The Morgan fingerprint density at radius 3 is 3.00 bits per heavy atom. The van der Waals surface area contributed by atoms with Gasteiger partial charge in [0, 0.05) is 24.7 Å². The molecule has 4 nitrogen and oxygen atoms in total. The summed E-state index contributed by atoms with van der Waals surface area (Å²) in [7, 11) is 0. The van der Waals surface area contributed by atoms with Gasteiger partial charge in [0.2, 0.25) is 0 Å². The van der Waals surface area contributed by atoms with Crippen molar-refractivity contribution in [2.24, 2.45) is 5.73 Å². The first-order valence-electron chi connectivity index (χ1n) is 7.38. The molecule has 0 saturated heterocycles. The Morgan fingerprint density at radius 2 is 2.16 bits per heavy atom. The zero-order valence-corrected chi connectivity index (χ0v) is 11.5. The molecule has 1 aliphatic carbocycles. The van der Waals surface area contributed by atoms with E-state index in [1.54, 1.807) is 0 Å². The molecular formula is C15H22N4. The Balaban J connectivity index is 2.07. The molecule has 0 radical (unpaired) electrons. The second-order valence-electron chi connectivity index (χ2n) is 5.47. The molecule has 0 aromatic carbocycles. The molecule has 0 amide bonds.